The Labute approximate surface area is 161 Å². The molecule has 1 heterocycles. The molecule has 2 aromatic rings. The molecule has 0 saturated heterocycles. The average Bonchev–Trinajstić information content (AvgIpc) is 2.68. The largest absolute Gasteiger partial charge is 0.497 e. The number of carbonyl (C=O) groups excluding carboxylic acids is 2. The summed E-state index contributed by atoms with van der Waals surface area (Å²) < 4.78 is 24.6. The summed E-state index contributed by atoms with van der Waals surface area (Å²) in [4.78, 5) is 25.0. The number of ether oxygens (including phenoxy) is 2. The van der Waals surface area contributed by atoms with E-state index in [1.165, 1.54) is 32.4 Å². The highest BCUT2D eigenvalue weighted by Crippen LogP contribution is 2.36. The predicted molar refractivity (Wildman–Crippen MR) is 102 cm³/mol. The van der Waals surface area contributed by atoms with E-state index in [1.807, 2.05) is 0 Å². The van der Waals surface area contributed by atoms with Gasteiger partial charge in [0.2, 0.25) is 0 Å². The molecule has 0 unspecified atom stereocenters. The van der Waals surface area contributed by atoms with E-state index in [2.05, 4.69) is 16.0 Å². The summed E-state index contributed by atoms with van der Waals surface area (Å²) in [7, 11) is 3.00. The SMILES string of the molecule is COc1ccc(OC)c([C@@H]2NC(=O)NC(C)=C2C(=O)Nc2ccccc2F)c1. The number of amides is 3. The van der Waals surface area contributed by atoms with Crippen LogP contribution in [0.5, 0.6) is 11.5 Å². The number of benzene rings is 2. The normalized spacial score (nSPS) is 16.1. The topological polar surface area (TPSA) is 88.7 Å². The number of nitrogens with one attached hydrogen (secondary N) is 3. The highest BCUT2D eigenvalue weighted by atomic mass is 19.1. The number of hydrogen-bond acceptors (Lipinski definition) is 4. The standard InChI is InChI=1S/C20H20FN3O4/c1-11-17(19(25)23-15-7-5-4-6-14(15)21)18(24-20(26)22-11)13-10-12(27-2)8-9-16(13)28-3/h4-10,18H,1-3H3,(H,23,25)(H2,22,24,26)/t18-/m0/s1. The molecule has 1 aliphatic rings. The lowest BCUT2D eigenvalue weighted by Crippen LogP contribution is -2.46. The van der Waals surface area contributed by atoms with Gasteiger partial charge in [0.15, 0.2) is 0 Å². The Morgan fingerprint density at radius 1 is 1.14 bits per heavy atom. The molecule has 3 N–H and O–H groups in total. The lowest BCUT2D eigenvalue weighted by atomic mass is 9.93. The molecule has 0 bridgehead atoms. The van der Waals surface area contributed by atoms with E-state index in [1.54, 1.807) is 31.2 Å². The summed E-state index contributed by atoms with van der Waals surface area (Å²) in [6.45, 7) is 1.61. The van der Waals surface area contributed by atoms with E-state index >= 15 is 0 Å². The molecule has 1 aliphatic heterocycles. The van der Waals surface area contributed by atoms with Gasteiger partial charge in [0.05, 0.1) is 31.5 Å². The molecule has 0 saturated carbocycles. The Hall–Kier alpha value is -3.55. The molecule has 146 valence electrons. The highest BCUT2D eigenvalue weighted by Gasteiger charge is 2.33. The van der Waals surface area contributed by atoms with E-state index in [0.29, 0.717) is 22.8 Å². The minimum Gasteiger partial charge on any atom is -0.497 e. The number of methoxy groups -OCH3 is 2. The second kappa shape index (κ2) is 7.99. The quantitative estimate of drug-likeness (QED) is 0.738. The minimum absolute atomic E-state index is 0.0426. The molecule has 0 spiro atoms. The van der Waals surface area contributed by atoms with Crippen LogP contribution in [0.4, 0.5) is 14.9 Å². The van der Waals surface area contributed by atoms with Gasteiger partial charge in [-0.2, -0.15) is 0 Å². The van der Waals surface area contributed by atoms with Crippen LogP contribution in [0.3, 0.4) is 0 Å². The lowest BCUT2D eigenvalue weighted by molar-refractivity contribution is -0.113. The molecule has 0 fully saturated rings. The van der Waals surface area contributed by atoms with Crippen molar-refractivity contribution in [1.29, 1.82) is 0 Å². The molecule has 2 aromatic carbocycles. The third-order valence-electron chi connectivity index (χ3n) is 4.38. The van der Waals surface area contributed by atoms with Gasteiger partial charge in [0, 0.05) is 11.3 Å². The molecule has 0 aliphatic carbocycles. The van der Waals surface area contributed by atoms with E-state index in [0.717, 1.165) is 0 Å². The summed E-state index contributed by atoms with van der Waals surface area (Å²) in [6, 6.07) is 9.65. The van der Waals surface area contributed by atoms with Crippen molar-refractivity contribution < 1.29 is 23.5 Å². The Morgan fingerprint density at radius 3 is 2.57 bits per heavy atom. The van der Waals surface area contributed by atoms with Crippen LogP contribution in [-0.4, -0.2) is 26.2 Å². The van der Waals surface area contributed by atoms with E-state index in [-0.39, 0.29) is 11.3 Å². The van der Waals surface area contributed by atoms with Gasteiger partial charge in [-0.3, -0.25) is 4.79 Å². The summed E-state index contributed by atoms with van der Waals surface area (Å²) in [5.74, 6) is -0.102. The monoisotopic (exact) mass is 385 g/mol. The number of hydrogen-bond donors (Lipinski definition) is 3. The molecule has 7 nitrogen and oxygen atoms in total. The number of para-hydroxylation sites is 1. The molecule has 3 amide bonds. The molecule has 0 radical (unpaired) electrons. The molecular weight excluding hydrogens is 365 g/mol. The zero-order valence-corrected chi connectivity index (χ0v) is 15.6. The van der Waals surface area contributed by atoms with Gasteiger partial charge < -0.3 is 25.4 Å². The minimum atomic E-state index is -0.814. The van der Waals surface area contributed by atoms with Crippen LogP contribution in [0, 0.1) is 5.82 Å². The van der Waals surface area contributed by atoms with Gasteiger partial charge in [0.1, 0.15) is 17.3 Å². The molecule has 3 rings (SSSR count). The van der Waals surface area contributed by atoms with Crippen molar-refractivity contribution in [1.82, 2.24) is 10.6 Å². The summed E-state index contributed by atoms with van der Waals surface area (Å²) in [5.41, 5.74) is 1.16. The number of rotatable bonds is 5. The number of allylic oxidation sites excluding steroid dienone is 1. The number of urea groups is 1. The van der Waals surface area contributed by atoms with Crippen LogP contribution in [0.1, 0.15) is 18.5 Å². The smallest absolute Gasteiger partial charge is 0.319 e. The number of halogens is 1. The summed E-state index contributed by atoms with van der Waals surface area (Å²) >= 11 is 0. The number of anilines is 1. The maximum Gasteiger partial charge on any atom is 0.319 e. The molecule has 0 aromatic heterocycles. The first kappa shape index (κ1) is 19.2. The molecule has 28 heavy (non-hydrogen) atoms. The Balaban J connectivity index is 2.04. The Morgan fingerprint density at radius 2 is 1.89 bits per heavy atom. The molecule has 8 heteroatoms. The third-order valence-corrected chi connectivity index (χ3v) is 4.38. The fourth-order valence-corrected chi connectivity index (χ4v) is 3.05. The van der Waals surface area contributed by atoms with Crippen molar-refractivity contribution in [2.75, 3.05) is 19.5 Å². The first-order chi connectivity index (χ1) is 13.4. The van der Waals surface area contributed by atoms with Gasteiger partial charge in [0.25, 0.3) is 5.91 Å². The summed E-state index contributed by atoms with van der Waals surface area (Å²) in [6.07, 6.45) is 0. The van der Waals surface area contributed by atoms with Crippen LogP contribution in [-0.2, 0) is 4.79 Å². The van der Waals surface area contributed by atoms with Crippen LogP contribution >= 0.6 is 0 Å². The van der Waals surface area contributed by atoms with E-state index < -0.39 is 23.8 Å². The number of carbonyl (C=O) groups is 2. The molecular formula is C20H20FN3O4. The third kappa shape index (κ3) is 3.75. The van der Waals surface area contributed by atoms with Gasteiger partial charge >= 0.3 is 6.03 Å². The lowest BCUT2D eigenvalue weighted by Gasteiger charge is -2.29. The van der Waals surface area contributed by atoms with Gasteiger partial charge in [-0.25, -0.2) is 9.18 Å². The van der Waals surface area contributed by atoms with Crippen molar-refractivity contribution in [2.24, 2.45) is 0 Å². The zero-order chi connectivity index (χ0) is 20.3. The Bertz CT molecular complexity index is 958. The van der Waals surface area contributed by atoms with E-state index in [9.17, 15) is 14.0 Å². The van der Waals surface area contributed by atoms with Crippen LogP contribution in [0.25, 0.3) is 0 Å². The first-order valence-electron chi connectivity index (χ1n) is 8.50. The maximum absolute atomic E-state index is 14.0. The second-order valence-corrected chi connectivity index (χ2v) is 6.11. The predicted octanol–water partition coefficient (Wildman–Crippen LogP) is 3.11. The first-order valence-corrected chi connectivity index (χ1v) is 8.50. The van der Waals surface area contributed by atoms with Crippen molar-refractivity contribution in [2.45, 2.75) is 13.0 Å². The van der Waals surface area contributed by atoms with Gasteiger partial charge in [-0.05, 0) is 37.3 Å². The second-order valence-electron chi connectivity index (χ2n) is 6.11. The fraction of sp³-hybridized carbons (Fsp3) is 0.200. The van der Waals surface area contributed by atoms with Crippen molar-refractivity contribution >= 4 is 17.6 Å². The van der Waals surface area contributed by atoms with Crippen molar-refractivity contribution in [3.63, 3.8) is 0 Å². The van der Waals surface area contributed by atoms with Crippen LogP contribution < -0.4 is 25.4 Å². The zero-order valence-electron chi connectivity index (χ0n) is 15.6. The van der Waals surface area contributed by atoms with Crippen LogP contribution in [0.15, 0.2) is 53.7 Å². The molecule has 1 atom stereocenters. The van der Waals surface area contributed by atoms with Crippen molar-refractivity contribution in [3.05, 3.63) is 65.1 Å². The highest BCUT2D eigenvalue weighted by molar-refractivity contribution is 6.07. The van der Waals surface area contributed by atoms with E-state index in [4.69, 9.17) is 9.47 Å². The summed E-state index contributed by atoms with van der Waals surface area (Å²) in [5, 5.41) is 7.86. The average molecular weight is 385 g/mol. The fourth-order valence-electron chi connectivity index (χ4n) is 3.05. The Kier molecular flexibility index (Phi) is 5.49. The van der Waals surface area contributed by atoms with Gasteiger partial charge in [-0.15, -0.1) is 0 Å². The van der Waals surface area contributed by atoms with Gasteiger partial charge in [-0.1, -0.05) is 12.1 Å². The maximum atomic E-state index is 14.0. The van der Waals surface area contributed by atoms with Crippen molar-refractivity contribution in [3.8, 4) is 11.5 Å². The van der Waals surface area contributed by atoms with Crippen LogP contribution in [0.2, 0.25) is 0 Å².